The van der Waals surface area contributed by atoms with Gasteiger partial charge in [0, 0.05) is 0 Å². The zero-order valence-corrected chi connectivity index (χ0v) is 13.7. The summed E-state index contributed by atoms with van der Waals surface area (Å²) in [6, 6.07) is 25.6. The molecule has 0 saturated heterocycles. The van der Waals surface area contributed by atoms with E-state index in [0.29, 0.717) is 11.1 Å². The van der Waals surface area contributed by atoms with Gasteiger partial charge in [0.25, 0.3) is 0 Å². The molecule has 0 amide bonds. The fraction of sp³-hybridized carbons (Fsp3) is 0. The molecule has 0 radical (unpaired) electrons. The zero-order valence-electron chi connectivity index (χ0n) is 13.7. The van der Waals surface area contributed by atoms with Crippen LogP contribution in [0.25, 0.3) is 21.5 Å². The van der Waals surface area contributed by atoms with Crippen molar-refractivity contribution in [3.63, 3.8) is 0 Å². The number of carbonyl (C=O) groups is 2. The van der Waals surface area contributed by atoms with Gasteiger partial charge in [-0.25, -0.2) is 19.4 Å². The fourth-order valence-electron chi connectivity index (χ4n) is 2.80. The average molecular weight is 342 g/mol. The zero-order chi connectivity index (χ0) is 17.9. The van der Waals surface area contributed by atoms with Gasteiger partial charge in [-0.2, -0.15) is 0 Å². The van der Waals surface area contributed by atoms with Gasteiger partial charge in [-0.15, -0.1) is 0 Å². The van der Waals surface area contributed by atoms with Crippen molar-refractivity contribution in [3.05, 3.63) is 96.1 Å². The predicted molar refractivity (Wildman–Crippen MR) is 98.7 cm³/mol. The third-order valence-electron chi connectivity index (χ3n) is 4.16. The minimum Gasteiger partial charge on any atom is -0.242 e. The van der Waals surface area contributed by atoms with Gasteiger partial charge in [0.2, 0.25) is 0 Å². The highest BCUT2D eigenvalue weighted by atomic mass is 17.2. The van der Waals surface area contributed by atoms with Crippen LogP contribution >= 0.6 is 0 Å². The maximum atomic E-state index is 12.1. The highest BCUT2D eigenvalue weighted by Gasteiger charge is 2.15. The highest BCUT2D eigenvalue weighted by Crippen LogP contribution is 2.18. The maximum Gasteiger partial charge on any atom is 0.386 e. The number of rotatable bonds is 2. The minimum atomic E-state index is -0.718. The Labute approximate surface area is 149 Å². The van der Waals surface area contributed by atoms with E-state index in [2.05, 4.69) is 0 Å². The van der Waals surface area contributed by atoms with Crippen LogP contribution in [-0.2, 0) is 9.78 Å². The molecule has 0 aliphatic rings. The van der Waals surface area contributed by atoms with Crippen molar-refractivity contribution in [2.45, 2.75) is 0 Å². The Morgan fingerprint density at radius 3 is 1.31 bits per heavy atom. The molecule has 0 saturated carbocycles. The maximum absolute atomic E-state index is 12.1. The second-order valence-corrected chi connectivity index (χ2v) is 5.87. The van der Waals surface area contributed by atoms with Gasteiger partial charge in [0.05, 0.1) is 11.1 Å². The molecule has 126 valence electrons. The lowest BCUT2D eigenvalue weighted by Gasteiger charge is -2.05. The molecule has 4 nitrogen and oxygen atoms in total. The SMILES string of the molecule is O=C(OOC(=O)c1ccc2ccccc2c1)c1ccc2ccccc2c1. The third-order valence-corrected chi connectivity index (χ3v) is 4.16. The number of hydrogen-bond acceptors (Lipinski definition) is 4. The minimum absolute atomic E-state index is 0.315. The molecule has 4 heteroatoms. The summed E-state index contributed by atoms with van der Waals surface area (Å²) in [5.74, 6) is -1.44. The molecule has 0 spiro atoms. The molecule has 0 N–H and O–H groups in total. The van der Waals surface area contributed by atoms with Gasteiger partial charge in [-0.05, 0) is 45.8 Å². The largest absolute Gasteiger partial charge is 0.386 e. The summed E-state index contributed by atoms with van der Waals surface area (Å²) in [5, 5.41) is 3.83. The van der Waals surface area contributed by atoms with Crippen molar-refractivity contribution < 1.29 is 19.4 Å². The van der Waals surface area contributed by atoms with Crippen LogP contribution in [0.4, 0.5) is 0 Å². The van der Waals surface area contributed by atoms with E-state index >= 15 is 0 Å². The van der Waals surface area contributed by atoms with Gasteiger partial charge in [-0.3, -0.25) is 0 Å². The van der Waals surface area contributed by atoms with Gasteiger partial charge < -0.3 is 0 Å². The molecule has 0 aromatic heterocycles. The van der Waals surface area contributed by atoms with Crippen molar-refractivity contribution >= 4 is 33.5 Å². The second kappa shape index (κ2) is 6.69. The quantitative estimate of drug-likeness (QED) is 0.383. The van der Waals surface area contributed by atoms with Crippen LogP contribution in [0.1, 0.15) is 20.7 Å². The summed E-state index contributed by atoms with van der Waals surface area (Å²) in [6.07, 6.45) is 0. The predicted octanol–water partition coefficient (Wildman–Crippen LogP) is 4.92. The van der Waals surface area contributed by atoms with E-state index in [0.717, 1.165) is 21.5 Å². The van der Waals surface area contributed by atoms with Crippen LogP contribution in [-0.4, -0.2) is 11.9 Å². The molecule has 4 rings (SSSR count). The van der Waals surface area contributed by atoms with Crippen LogP contribution in [0.15, 0.2) is 84.9 Å². The first kappa shape index (κ1) is 15.8. The van der Waals surface area contributed by atoms with Crippen LogP contribution < -0.4 is 0 Å². The molecule has 0 aliphatic carbocycles. The Hall–Kier alpha value is -3.66. The van der Waals surface area contributed by atoms with Crippen molar-refractivity contribution in [2.75, 3.05) is 0 Å². The first-order valence-corrected chi connectivity index (χ1v) is 8.11. The van der Waals surface area contributed by atoms with E-state index in [4.69, 9.17) is 9.78 Å². The van der Waals surface area contributed by atoms with Crippen molar-refractivity contribution in [1.29, 1.82) is 0 Å². The van der Waals surface area contributed by atoms with Crippen LogP contribution in [0.5, 0.6) is 0 Å². The van der Waals surface area contributed by atoms with Gasteiger partial charge >= 0.3 is 11.9 Å². The first-order valence-electron chi connectivity index (χ1n) is 8.11. The summed E-state index contributed by atoms with van der Waals surface area (Å²) < 4.78 is 0. The van der Waals surface area contributed by atoms with Crippen LogP contribution in [0.3, 0.4) is 0 Å². The van der Waals surface area contributed by atoms with Gasteiger partial charge in [0.15, 0.2) is 0 Å². The summed E-state index contributed by atoms with van der Waals surface area (Å²) in [6.45, 7) is 0. The number of benzene rings is 4. The average Bonchev–Trinajstić information content (AvgIpc) is 2.71. The first-order chi connectivity index (χ1) is 12.7. The smallest absolute Gasteiger partial charge is 0.242 e. The Morgan fingerprint density at radius 2 is 0.885 bits per heavy atom. The Bertz CT molecular complexity index is 1040. The molecular weight excluding hydrogens is 328 g/mol. The van der Waals surface area contributed by atoms with Crippen molar-refractivity contribution in [1.82, 2.24) is 0 Å². The Kier molecular flexibility index (Phi) is 4.07. The standard InChI is InChI=1S/C22H14O4/c23-21(19-11-9-15-5-1-3-7-17(15)13-19)25-26-22(24)20-12-10-16-6-2-4-8-18(16)14-20/h1-14H. The lowest BCUT2D eigenvalue weighted by atomic mass is 10.1. The summed E-state index contributed by atoms with van der Waals surface area (Å²) in [5.41, 5.74) is 0.630. The van der Waals surface area contributed by atoms with Crippen LogP contribution in [0, 0.1) is 0 Å². The van der Waals surface area contributed by atoms with Crippen molar-refractivity contribution in [3.8, 4) is 0 Å². The molecule has 26 heavy (non-hydrogen) atoms. The lowest BCUT2D eigenvalue weighted by molar-refractivity contribution is -0.187. The summed E-state index contributed by atoms with van der Waals surface area (Å²) >= 11 is 0. The molecule has 0 unspecified atom stereocenters. The molecule has 0 heterocycles. The fourth-order valence-corrected chi connectivity index (χ4v) is 2.80. The second-order valence-electron chi connectivity index (χ2n) is 5.87. The van der Waals surface area contributed by atoms with Crippen molar-refractivity contribution in [2.24, 2.45) is 0 Å². The Morgan fingerprint density at radius 1 is 0.500 bits per heavy atom. The normalized spacial score (nSPS) is 10.6. The van der Waals surface area contributed by atoms with E-state index in [1.165, 1.54) is 0 Å². The van der Waals surface area contributed by atoms with E-state index in [-0.39, 0.29) is 0 Å². The molecule has 4 aromatic carbocycles. The van der Waals surface area contributed by atoms with E-state index < -0.39 is 11.9 Å². The van der Waals surface area contributed by atoms with Gasteiger partial charge in [0.1, 0.15) is 0 Å². The Balaban J connectivity index is 1.47. The number of carbonyl (C=O) groups excluding carboxylic acids is 2. The molecule has 4 aromatic rings. The molecule has 0 bridgehead atoms. The van der Waals surface area contributed by atoms with E-state index in [1.54, 1.807) is 24.3 Å². The summed E-state index contributed by atoms with van der Waals surface area (Å²) in [4.78, 5) is 33.7. The van der Waals surface area contributed by atoms with E-state index in [9.17, 15) is 9.59 Å². The number of fused-ring (bicyclic) bond motifs is 2. The molecular formula is C22H14O4. The lowest BCUT2D eigenvalue weighted by Crippen LogP contribution is -2.11. The van der Waals surface area contributed by atoms with Gasteiger partial charge in [-0.1, -0.05) is 60.7 Å². The number of hydrogen-bond donors (Lipinski definition) is 0. The molecule has 0 aliphatic heterocycles. The molecule has 0 fully saturated rings. The highest BCUT2D eigenvalue weighted by molar-refractivity contribution is 5.97. The van der Waals surface area contributed by atoms with E-state index in [1.807, 2.05) is 60.7 Å². The third kappa shape index (κ3) is 3.13. The molecule has 0 atom stereocenters. The van der Waals surface area contributed by atoms with Crippen LogP contribution in [0.2, 0.25) is 0 Å². The monoisotopic (exact) mass is 342 g/mol. The topological polar surface area (TPSA) is 52.6 Å². The summed E-state index contributed by atoms with van der Waals surface area (Å²) in [7, 11) is 0.